The summed E-state index contributed by atoms with van der Waals surface area (Å²) in [5.74, 6) is -0.518. The topological polar surface area (TPSA) is 55.4 Å². The van der Waals surface area contributed by atoms with Gasteiger partial charge in [0, 0.05) is 5.69 Å². The number of amides is 1. The van der Waals surface area contributed by atoms with E-state index in [4.69, 9.17) is 4.74 Å². The summed E-state index contributed by atoms with van der Waals surface area (Å²) in [5.41, 5.74) is 2.94. The van der Waals surface area contributed by atoms with Gasteiger partial charge in [-0.1, -0.05) is 38.0 Å². The number of anilines is 1. The third-order valence-corrected chi connectivity index (χ3v) is 4.04. The van der Waals surface area contributed by atoms with Gasteiger partial charge in [0.1, 0.15) is 0 Å². The maximum atomic E-state index is 12.0. The highest BCUT2D eigenvalue weighted by molar-refractivity contribution is 5.94. The molecule has 0 radical (unpaired) electrons. The lowest BCUT2D eigenvalue weighted by molar-refractivity contribution is -0.151. The molecule has 114 valence electrons. The summed E-state index contributed by atoms with van der Waals surface area (Å²) in [6, 6.07) is 5.93. The molecule has 0 aromatic heterocycles. The van der Waals surface area contributed by atoms with E-state index in [1.54, 1.807) is 0 Å². The van der Waals surface area contributed by atoms with Crippen molar-refractivity contribution in [1.82, 2.24) is 0 Å². The Hall–Kier alpha value is -1.84. The first kappa shape index (κ1) is 15.5. The molecule has 2 rings (SSSR count). The quantitative estimate of drug-likeness (QED) is 0.847. The first-order valence-corrected chi connectivity index (χ1v) is 7.66. The van der Waals surface area contributed by atoms with Gasteiger partial charge in [-0.05, 0) is 37.3 Å². The molecule has 0 aliphatic heterocycles. The summed E-state index contributed by atoms with van der Waals surface area (Å²) in [6.45, 7) is 3.80. The first-order valence-electron chi connectivity index (χ1n) is 7.66. The van der Waals surface area contributed by atoms with E-state index < -0.39 is 0 Å². The minimum absolute atomic E-state index is 0.0116. The Morgan fingerprint density at radius 3 is 2.67 bits per heavy atom. The maximum absolute atomic E-state index is 12.0. The predicted octanol–water partition coefficient (Wildman–Crippen LogP) is 3.23. The molecule has 1 aliphatic carbocycles. The summed E-state index contributed by atoms with van der Waals surface area (Å²) in [7, 11) is 0. The van der Waals surface area contributed by atoms with Crippen LogP contribution in [-0.2, 0) is 20.7 Å². The number of carbonyl (C=O) groups excluding carboxylic acids is 2. The van der Waals surface area contributed by atoms with Crippen LogP contribution in [0, 0.1) is 12.8 Å². The Bertz CT molecular complexity index is 519. The van der Waals surface area contributed by atoms with Crippen molar-refractivity contribution in [3.05, 3.63) is 29.3 Å². The molecule has 0 saturated heterocycles. The van der Waals surface area contributed by atoms with Gasteiger partial charge in [0.2, 0.25) is 0 Å². The van der Waals surface area contributed by atoms with E-state index in [1.807, 2.05) is 32.0 Å². The molecular formula is C17H23NO3. The van der Waals surface area contributed by atoms with Crippen LogP contribution in [0.1, 0.15) is 43.7 Å². The monoisotopic (exact) mass is 289 g/mol. The normalized spacial score (nSPS) is 15.0. The van der Waals surface area contributed by atoms with Crippen LogP contribution < -0.4 is 5.32 Å². The molecule has 0 atom stereocenters. The molecule has 1 aromatic rings. The lowest BCUT2D eigenvalue weighted by Gasteiger charge is -2.14. The van der Waals surface area contributed by atoms with E-state index in [-0.39, 0.29) is 24.4 Å². The highest BCUT2D eigenvalue weighted by Crippen LogP contribution is 2.25. The first-order chi connectivity index (χ1) is 10.1. The van der Waals surface area contributed by atoms with Crippen LogP contribution in [0.25, 0.3) is 0 Å². The minimum atomic E-state index is -0.273. The van der Waals surface area contributed by atoms with Crippen molar-refractivity contribution in [3.8, 4) is 0 Å². The Morgan fingerprint density at radius 2 is 2.00 bits per heavy atom. The van der Waals surface area contributed by atoms with Crippen LogP contribution in [0.2, 0.25) is 0 Å². The average molecular weight is 289 g/mol. The number of ether oxygens (including phenoxy) is 1. The summed E-state index contributed by atoms with van der Waals surface area (Å²) in [4.78, 5) is 23.8. The van der Waals surface area contributed by atoms with E-state index >= 15 is 0 Å². The SMILES string of the molecule is CCc1cccc(C)c1NC(=O)COC(=O)C1CCCC1. The molecule has 1 fully saturated rings. The standard InChI is InChI=1S/C17H23NO3/c1-3-13-10-6-7-12(2)16(13)18-15(19)11-21-17(20)14-8-4-5-9-14/h6-7,10,14H,3-5,8-9,11H2,1-2H3,(H,18,19). The van der Waals surface area contributed by atoms with Gasteiger partial charge in [0.05, 0.1) is 5.92 Å². The largest absolute Gasteiger partial charge is 0.455 e. The van der Waals surface area contributed by atoms with Gasteiger partial charge in [0.25, 0.3) is 5.91 Å². The number of aryl methyl sites for hydroxylation is 2. The van der Waals surface area contributed by atoms with Crippen molar-refractivity contribution in [2.75, 3.05) is 11.9 Å². The highest BCUT2D eigenvalue weighted by atomic mass is 16.5. The lowest BCUT2D eigenvalue weighted by Crippen LogP contribution is -2.24. The van der Waals surface area contributed by atoms with Gasteiger partial charge in [-0.25, -0.2) is 0 Å². The highest BCUT2D eigenvalue weighted by Gasteiger charge is 2.24. The number of benzene rings is 1. The molecular weight excluding hydrogens is 266 g/mol. The zero-order chi connectivity index (χ0) is 15.2. The fraction of sp³-hybridized carbons (Fsp3) is 0.529. The van der Waals surface area contributed by atoms with Gasteiger partial charge in [-0.2, -0.15) is 0 Å². The van der Waals surface area contributed by atoms with Gasteiger partial charge in [-0.15, -0.1) is 0 Å². The van der Waals surface area contributed by atoms with E-state index in [2.05, 4.69) is 5.32 Å². The van der Waals surface area contributed by atoms with Gasteiger partial charge in [0.15, 0.2) is 6.61 Å². The van der Waals surface area contributed by atoms with Crippen LogP contribution in [0.15, 0.2) is 18.2 Å². The van der Waals surface area contributed by atoms with Crippen LogP contribution in [0.4, 0.5) is 5.69 Å². The third kappa shape index (κ3) is 4.06. The summed E-state index contributed by atoms with van der Waals surface area (Å²) in [6.07, 6.45) is 4.78. The van der Waals surface area contributed by atoms with Crippen molar-refractivity contribution in [3.63, 3.8) is 0 Å². The van der Waals surface area contributed by atoms with Crippen molar-refractivity contribution in [2.24, 2.45) is 5.92 Å². The molecule has 1 amide bonds. The number of para-hydroxylation sites is 1. The molecule has 1 aromatic carbocycles. The molecule has 0 spiro atoms. The third-order valence-electron chi connectivity index (χ3n) is 4.04. The summed E-state index contributed by atoms with van der Waals surface area (Å²) in [5, 5.41) is 2.86. The molecule has 4 nitrogen and oxygen atoms in total. The zero-order valence-electron chi connectivity index (χ0n) is 12.8. The van der Waals surface area contributed by atoms with Gasteiger partial charge in [-0.3, -0.25) is 9.59 Å². The molecule has 0 heterocycles. The molecule has 1 aliphatic rings. The van der Waals surface area contributed by atoms with Crippen LogP contribution in [-0.4, -0.2) is 18.5 Å². The Labute approximate surface area is 125 Å². The minimum Gasteiger partial charge on any atom is -0.455 e. The number of esters is 1. The number of hydrogen-bond acceptors (Lipinski definition) is 3. The molecule has 0 bridgehead atoms. The average Bonchev–Trinajstić information content (AvgIpc) is 3.01. The van der Waals surface area contributed by atoms with E-state index in [0.717, 1.165) is 48.9 Å². The van der Waals surface area contributed by atoms with Gasteiger partial charge >= 0.3 is 5.97 Å². The molecule has 4 heteroatoms. The summed E-state index contributed by atoms with van der Waals surface area (Å²) < 4.78 is 5.12. The summed E-state index contributed by atoms with van der Waals surface area (Å²) >= 11 is 0. The molecule has 0 unspecified atom stereocenters. The van der Waals surface area contributed by atoms with Crippen molar-refractivity contribution in [2.45, 2.75) is 46.0 Å². The second-order valence-corrected chi connectivity index (χ2v) is 5.60. The van der Waals surface area contributed by atoms with Crippen LogP contribution in [0.5, 0.6) is 0 Å². The number of rotatable bonds is 5. The fourth-order valence-corrected chi connectivity index (χ4v) is 2.79. The molecule has 1 saturated carbocycles. The number of carbonyl (C=O) groups is 2. The lowest BCUT2D eigenvalue weighted by atomic mass is 10.1. The van der Waals surface area contributed by atoms with Crippen molar-refractivity contribution < 1.29 is 14.3 Å². The van der Waals surface area contributed by atoms with E-state index in [0.29, 0.717) is 0 Å². The second kappa shape index (κ2) is 7.25. The van der Waals surface area contributed by atoms with Crippen molar-refractivity contribution in [1.29, 1.82) is 0 Å². The Morgan fingerprint density at radius 1 is 1.29 bits per heavy atom. The van der Waals surface area contributed by atoms with E-state index in [1.165, 1.54) is 0 Å². The van der Waals surface area contributed by atoms with Gasteiger partial charge < -0.3 is 10.1 Å². The van der Waals surface area contributed by atoms with Crippen molar-refractivity contribution >= 4 is 17.6 Å². The van der Waals surface area contributed by atoms with Crippen LogP contribution in [0.3, 0.4) is 0 Å². The smallest absolute Gasteiger partial charge is 0.309 e. The second-order valence-electron chi connectivity index (χ2n) is 5.60. The zero-order valence-corrected chi connectivity index (χ0v) is 12.8. The number of nitrogens with one attached hydrogen (secondary N) is 1. The molecule has 21 heavy (non-hydrogen) atoms. The Kier molecular flexibility index (Phi) is 5.37. The maximum Gasteiger partial charge on any atom is 0.309 e. The fourth-order valence-electron chi connectivity index (χ4n) is 2.79. The van der Waals surface area contributed by atoms with E-state index in [9.17, 15) is 9.59 Å². The van der Waals surface area contributed by atoms with Crippen LogP contribution >= 0.6 is 0 Å². The number of hydrogen-bond donors (Lipinski definition) is 1. The predicted molar refractivity (Wildman–Crippen MR) is 82.1 cm³/mol. The molecule has 1 N–H and O–H groups in total. The Balaban J connectivity index is 1.88.